The van der Waals surface area contributed by atoms with Crippen molar-refractivity contribution in [1.82, 2.24) is 14.0 Å². The van der Waals surface area contributed by atoms with Crippen LogP contribution in [0.4, 0.5) is 29.3 Å². The molecule has 176 valence electrons. The first-order chi connectivity index (χ1) is 16.1. The Morgan fingerprint density at radius 2 is 1.91 bits per heavy atom. The number of anilines is 1. The number of alkyl halides is 3. The second-order valence-corrected chi connectivity index (χ2v) is 8.04. The molecule has 2 aliphatic rings. The minimum absolute atomic E-state index is 0.129. The zero-order valence-electron chi connectivity index (χ0n) is 17.2. The predicted octanol–water partition coefficient (Wildman–Crippen LogP) is 3.81. The molecule has 1 fully saturated rings. The number of fused-ring (bicyclic) bond motifs is 5. The molecule has 1 unspecified atom stereocenters. The average Bonchev–Trinajstić information content (AvgIpc) is 3.45. The monoisotopic (exact) mass is 475 g/mol. The maximum absolute atomic E-state index is 13.1. The Hall–Kier alpha value is -4.29. The van der Waals surface area contributed by atoms with E-state index >= 15 is 0 Å². The molecule has 5 rings (SSSR count). The number of carbonyl (C=O) groups excluding carboxylic acids is 1. The highest BCUT2D eigenvalue weighted by molar-refractivity contribution is 5.90. The number of nitro groups is 1. The fourth-order valence-electron chi connectivity index (χ4n) is 4.62. The van der Waals surface area contributed by atoms with Crippen LogP contribution in [0.25, 0.3) is 5.69 Å². The van der Waals surface area contributed by atoms with E-state index in [2.05, 4.69) is 5.32 Å². The molecule has 2 bridgehead atoms. The number of nitro benzene ring substituents is 1. The SMILES string of the molecule is O=C(Nc1cccc([N+](=O)[O-])c1)N1CC2C[C@@H]1c1c(O)n(-c3cccc(C(F)(F)F)c3)c(=O)n12. The van der Waals surface area contributed by atoms with Gasteiger partial charge in [0, 0.05) is 24.4 Å². The Balaban J connectivity index is 1.46. The molecule has 0 radical (unpaired) electrons. The summed E-state index contributed by atoms with van der Waals surface area (Å²) in [6.07, 6.45) is -4.28. The number of nitrogens with zero attached hydrogens (tertiary/aromatic N) is 4. The van der Waals surface area contributed by atoms with E-state index in [0.29, 0.717) is 6.42 Å². The van der Waals surface area contributed by atoms with Crippen LogP contribution in [-0.2, 0) is 6.18 Å². The predicted molar refractivity (Wildman–Crippen MR) is 112 cm³/mol. The lowest BCUT2D eigenvalue weighted by molar-refractivity contribution is -0.384. The molecule has 2 aliphatic heterocycles. The van der Waals surface area contributed by atoms with E-state index < -0.39 is 46.3 Å². The minimum atomic E-state index is -4.63. The topological polar surface area (TPSA) is 123 Å². The highest BCUT2D eigenvalue weighted by Crippen LogP contribution is 2.48. The Morgan fingerprint density at radius 3 is 2.62 bits per heavy atom. The Labute approximate surface area is 188 Å². The van der Waals surface area contributed by atoms with E-state index in [1.54, 1.807) is 0 Å². The molecular formula is C21H16F3N5O5. The molecule has 1 saturated heterocycles. The fourth-order valence-corrected chi connectivity index (χ4v) is 4.62. The Morgan fingerprint density at radius 1 is 1.18 bits per heavy atom. The number of aromatic nitrogens is 2. The van der Waals surface area contributed by atoms with E-state index in [1.165, 1.54) is 39.8 Å². The molecule has 2 aromatic carbocycles. The number of urea groups is 1. The summed E-state index contributed by atoms with van der Waals surface area (Å²) in [4.78, 5) is 37.6. The molecule has 0 spiro atoms. The lowest BCUT2D eigenvalue weighted by atomic mass is 10.2. The molecule has 1 aromatic heterocycles. The number of imidazole rings is 1. The maximum atomic E-state index is 13.1. The third-order valence-corrected chi connectivity index (χ3v) is 6.06. The number of hydrogen-bond donors (Lipinski definition) is 2. The number of aromatic hydroxyl groups is 1. The molecule has 2 amide bonds. The van der Waals surface area contributed by atoms with Crippen molar-refractivity contribution in [3.63, 3.8) is 0 Å². The zero-order valence-corrected chi connectivity index (χ0v) is 17.2. The van der Waals surface area contributed by atoms with E-state index in [0.717, 1.165) is 22.8 Å². The van der Waals surface area contributed by atoms with Crippen LogP contribution in [0.3, 0.4) is 0 Å². The van der Waals surface area contributed by atoms with Gasteiger partial charge in [-0.05, 0) is 30.7 Å². The maximum Gasteiger partial charge on any atom is 0.416 e. The highest BCUT2D eigenvalue weighted by Gasteiger charge is 2.49. The molecule has 3 aromatic rings. The molecule has 13 heteroatoms. The number of halogens is 3. The Bertz CT molecular complexity index is 1400. The van der Waals surface area contributed by atoms with Gasteiger partial charge >= 0.3 is 17.9 Å². The van der Waals surface area contributed by atoms with Crippen molar-refractivity contribution in [2.24, 2.45) is 0 Å². The minimum Gasteiger partial charge on any atom is -0.493 e. The van der Waals surface area contributed by atoms with Crippen LogP contribution < -0.4 is 11.0 Å². The largest absolute Gasteiger partial charge is 0.493 e. The third kappa shape index (κ3) is 3.27. The van der Waals surface area contributed by atoms with E-state index in [4.69, 9.17) is 0 Å². The highest BCUT2D eigenvalue weighted by atomic mass is 19.4. The van der Waals surface area contributed by atoms with Gasteiger partial charge in [0.05, 0.1) is 28.3 Å². The van der Waals surface area contributed by atoms with Crippen molar-refractivity contribution in [3.05, 3.63) is 80.4 Å². The summed E-state index contributed by atoms with van der Waals surface area (Å²) in [7, 11) is 0. The molecular weight excluding hydrogens is 459 g/mol. The van der Waals surface area contributed by atoms with Gasteiger partial charge in [0.1, 0.15) is 5.69 Å². The van der Waals surface area contributed by atoms with Crippen molar-refractivity contribution >= 4 is 17.4 Å². The second kappa shape index (κ2) is 7.37. The van der Waals surface area contributed by atoms with Crippen LogP contribution in [0.15, 0.2) is 53.3 Å². The molecule has 2 N–H and O–H groups in total. The standard InChI is InChI=1S/C21H16F3N5O5/c22-21(23,24)11-3-1-5-13(7-11)28-18(30)17-16-9-15(27(17)20(28)32)10-26(16)19(31)25-12-4-2-6-14(8-12)29(33)34/h1-8,15-16,30H,9-10H2,(H,25,31)/t15?,16-/m1/s1. The van der Waals surface area contributed by atoms with Crippen molar-refractivity contribution in [1.29, 1.82) is 0 Å². The van der Waals surface area contributed by atoms with Crippen molar-refractivity contribution in [3.8, 4) is 11.6 Å². The number of nitrogens with one attached hydrogen (secondary N) is 1. The number of likely N-dealkylation sites (tertiary alicyclic amines) is 1. The lowest BCUT2D eigenvalue weighted by Gasteiger charge is -2.27. The first-order valence-electron chi connectivity index (χ1n) is 10.1. The van der Waals surface area contributed by atoms with Gasteiger partial charge in [0.25, 0.3) is 5.69 Å². The summed E-state index contributed by atoms with van der Waals surface area (Å²) in [5.74, 6) is -0.537. The molecule has 10 nitrogen and oxygen atoms in total. The number of carbonyl (C=O) groups is 1. The molecule has 0 saturated carbocycles. The normalized spacial score (nSPS) is 18.7. The number of benzene rings is 2. The van der Waals surface area contributed by atoms with Gasteiger partial charge in [-0.1, -0.05) is 12.1 Å². The van der Waals surface area contributed by atoms with Crippen LogP contribution in [0.2, 0.25) is 0 Å². The fraction of sp³-hybridized carbons (Fsp3) is 0.238. The number of hydrogen-bond acceptors (Lipinski definition) is 5. The third-order valence-electron chi connectivity index (χ3n) is 6.06. The van der Waals surface area contributed by atoms with E-state index in [9.17, 15) is 38.0 Å². The summed E-state index contributed by atoms with van der Waals surface area (Å²) < 4.78 is 41.5. The van der Waals surface area contributed by atoms with Gasteiger partial charge in [-0.15, -0.1) is 0 Å². The average molecular weight is 475 g/mol. The zero-order chi connectivity index (χ0) is 24.4. The van der Waals surface area contributed by atoms with Crippen LogP contribution in [0.1, 0.15) is 29.8 Å². The molecule has 0 aliphatic carbocycles. The van der Waals surface area contributed by atoms with Crippen molar-refractivity contribution in [2.75, 3.05) is 11.9 Å². The van der Waals surface area contributed by atoms with E-state index in [1.807, 2.05) is 0 Å². The van der Waals surface area contributed by atoms with Crippen LogP contribution >= 0.6 is 0 Å². The van der Waals surface area contributed by atoms with Gasteiger partial charge in [-0.25, -0.2) is 14.2 Å². The summed E-state index contributed by atoms with van der Waals surface area (Å²) >= 11 is 0. The number of amides is 2. The van der Waals surface area contributed by atoms with Crippen LogP contribution in [0.5, 0.6) is 5.88 Å². The van der Waals surface area contributed by atoms with Crippen LogP contribution in [-0.4, -0.2) is 36.6 Å². The Kier molecular flexibility index (Phi) is 4.67. The first kappa shape index (κ1) is 21.6. The number of non-ortho nitro benzene ring substituents is 1. The van der Waals surface area contributed by atoms with Crippen molar-refractivity contribution < 1.29 is 28.0 Å². The summed E-state index contributed by atoms with van der Waals surface area (Å²) in [5, 5.41) is 24.3. The van der Waals surface area contributed by atoms with Gasteiger partial charge < -0.3 is 15.3 Å². The van der Waals surface area contributed by atoms with Gasteiger partial charge in [0.15, 0.2) is 0 Å². The quantitative estimate of drug-likeness (QED) is 0.441. The summed E-state index contributed by atoms with van der Waals surface area (Å²) in [6.45, 7) is 0.129. The van der Waals surface area contributed by atoms with Gasteiger partial charge in [0.2, 0.25) is 5.88 Å². The van der Waals surface area contributed by atoms with Gasteiger partial charge in [-0.3, -0.25) is 14.7 Å². The molecule has 34 heavy (non-hydrogen) atoms. The first-order valence-corrected chi connectivity index (χ1v) is 10.1. The second-order valence-electron chi connectivity index (χ2n) is 8.04. The smallest absolute Gasteiger partial charge is 0.416 e. The number of rotatable bonds is 3. The van der Waals surface area contributed by atoms with Crippen molar-refractivity contribution in [2.45, 2.75) is 24.7 Å². The summed E-state index contributed by atoms with van der Waals surface area (Å²) in [6, 6.07) is 7.68. The molecule has 2 atom stereocenters. The summed E-state index contributed by atoms with van der Waals surface area (Å²) in [5.41, 5.74) is -1.68. The lowest BCUT2D eigenvalue weighted by Crippen LogP contribution is -2.40. The molecule has 3 heterocycles. The van der Waals surface area contributed by atoms with Gasteiger partial charge in [-0.2, -0.15) is 13.2 Å². The van der Waals surface area contributed by atoms with Crippen LogP contribution in [0, 0.1) is 10.1 Å². The van der Waals surface area contributed by atoms with E-state index in [-0.39, 0.29) is 29.3 Å².